The fourth-order valence-corrected chi connectivity index (χ4v) is 3.96. The monoisotopic (exact) mass is 344 g/mol. The average Bonchev–Trinajstić information content (AvgIpc) is 2.65. The van der Waals surface area contributed by atoms with Gasteiger partial charge in [-0.15, -0.1) is 0 Å². The second kappa shape index (κ2) is 7.04. The van der Waals surface area contributed by atoms with Gasteiger partial charge in [-0.3, -0.25) is 4.79 Å². The molecule has 1 saturated heterocycles. The van der Waals surface area contributed by atoms with E-state index in [2.05, 4.69) is 6.92 Å². The van der Waals surface area contributed by atoms with Crippen LogP contribution in [0.4, 0.5) is 0 Å². The average molecular weight is 344 g/mol. The Morgan fingerprint density at radius 2 is 2.08 bits per heavy atom. The van der Waals surface area contributed by atoms with Crippen molar-refractivity contribution in [2.75, 3.05) is 27.2 Å². The van der Waals surface area contributed by atoms with Crippen LogP contribution in [0, 0.1) is 5.92 Å². The predicted octanol–water partition coefficient (Wildman–Crippen LogP) is 1.92. The maximum absolute atomic E-state index is 12.8. The van der Waals surface area contributed by atoms with Crippen molar-refractivity contribution in [3.05, 3.63) is 35.9 Å². The molecule has 2 heterocycles. The van der Waals surface area contributed by atoms with E-state index in [0.717, 1.165) is 31.4 Å². The van der Waals surface area contributed by atoms with E-state index in [-0.39, 0.29) is 23.6 Å². The lowest BCUT2D eigenvalue weighted by Crippen LogP contribution is -2.56. The molecule has 0 radical (unpaired) electrons. The molecule has 136 valence electrons. The number of methoxy groups -OCH3 is 1. The van der Waals surface area contributed by atoms with Crippen LogP contribution in [0.1, 0.15) is 36.5 Å². The third-order valence-electron chi connectivity index (χ3n) is 5.63. The molecule has 0 aromatic heterocycles. The Balaban J connectivity index is 1.78. The highest BCUT2D eigenvalue weighted by Crippen LogP contribution is 2.37. The van der Waals surface area contributed by atoms with Crippen molar-refractivity contribution in [2.24, 2.45) is 16.6 Å². The second-order valence-corrected chi connectivity index (χ2v) is 7.29. The first-order valence-corrected chi connectivity index (χ1v) is 8.90. The number of likely N-dealkylation sites (tertiary alicyclic amines) is 1. The smallest absolute Gasteiger partial charge is 0.253 e. The van der Waals surface area contributed by atoms with Gasteiger partial charge in [-0.25, -0.2) is 4.99 Å². The highest BCUT2D eigenvalue weighted by molar-refractivity contribution is 5.94. The summed E-state index contributed by atoms with van der Waals surface area (Å²) in [5.74, 6) is 0.882. The minimum Gasteiger partial charge on any atom is -0.370 e. The maximum Gasteiger partial charge on any atom is 0.253 e. The first kappa shape index (κ1) is 17.7. The lowest BCUT2D eigenvalue weighted by molar-refractivity contribution is -0.0257. The van der Waals surface area contributed by atoms with Crippen molar-refractivity contribution in [3.63, 3.8) is 0 Å². The summed E-state index contributed by atoms with van der Waals surface area (Å²) in [6, 6.07) is 9.49. The fourth-order valence-electron chi connectivity index (χ4n) is 3.96. The highest BCUT2D eigenvalue weighted by atomic mass is 16.5. The second-order valence-electron chi connectivity index (χ2n) is 7.29. The summed E-state index contributed by atoms with van der Waals surface area (Å²) < 4.78 is 5.59. The molecule has 2 aliphatic rings. The molecule has 6 heteroatoms. The highest BCUT2D eigenvalue weighted by Gasteiger charge is 2.43. The van der Waals surface area contributed by atoms with E-state index >= 15 is 0 Å². The molecule has 0 saturated carbocycles. The predicted molar refractivity (Wildman–Crippen MR) is 98.3 cm³/mol. The van der Waals surface area contributed by atoms with Crippen molar-refractivity contribution in [2.45, 2.75) is 38.0 Å². The van der Waals surface area contributed by atoms with Crippen LogP contribution in [-0.2, 0) is 4.74 Å². The number of carbonyl (C=O) groups excluding carboxylic acids is 1. The quantitative estimate of drug-likeness (QED) is 0.909. The molecule has 2 aliphatic heterocycles. The zero-order chi connectivity index (χ0) is 18.0. The standard InChI is InChI=1S/C19H28N4O2/c1-19(12-16(25-3)22(2)18(20)21-19)15-10-7-11-23(13-15)17(24)14-8-5-4-6-9-14/h4-6,8-9,15-16H,7,10-13H2,1-3H3,(H2,20,21)/t15?,16?,19-/m0/s1. The molecule has 6 nitrogen and oxygen atoms in total. The Labute approximate surface area is 149 Å². The van der Waals surface area contributed by atoms with Crippen LogP contribution < -0.4 is 5.73 Å². The minimum atomic E-state index is -0.313. The molecule has 2 N–H and O–H groups in total. The van der Waals surface area contributed by atoms with E-state index in [0.29, 0.717) is 12.5 Å². The van der Waals surface area contributed by atoms with Crippen LogP contribution in [-0.4, -0.2) is 60.7 Å². The topological polar surface area (TPSA) is 71.2 Å². The Morgan fingerprint density at radius 3 is 2.76 bits per heavy atom. The zero-order valence-corrected chi connectivity index (χ0v) is 15.3. The SMILES string of the molecule is COC1C[C@@](C)(C2CCCN(C(=O)c3ccccc3)C2)N=C(N)N1C. The van der Waals surface area contributed by atoms with Gasteiger partial charge in [-0.2, -0.15) is 0 Å². The fraction of sp³-hybridized carbons (Fsp3) is 0.579. The molecule has 3 rings (SSSR count). The molecule has 0 bridgehead atoms. The number of nitrogens with two attached hydrogens (primary N) is 1. The van der Waals surface area contributed by atoms with Crippen LogP contribution in [0.25, 0.3) is 0 Å². The Morgan fingerprint density at radius 1 is 1.36 bits per heavy atom. The number of nitrogens with zero attached hydrogens (tertiary/aromatic N) is 3. The molecule has 1 aromatic carbocycles. The summed E-state index contributed by atoms with van der Waals surface area (Å²) >= 11 is 0. The molecule has 1 amide bonds. The summed E-state index contributed by atoms with van der Waals surface area (Å²) in [6.07, 6.45) is 2.73. The van der Waals surface area contributed by atoms with Crippen molar-refractivity contribution in [3.8, 4) is 0 Å². The Bertz CT molecular complexity index is 648. The number of aliphatic imine (C=N–C) groups is 1. The molecule has 25 heavy (non-hydrogen) atoms. The maximum atomic E-state index is 12.8. The molecule has 1 fully saturated rings. The van der Waals surface area contributed by atoms with Gasteiger partial charge in [-0.1, -0.05) is 18.2 Å². The molecular formula is C19H28N4O2. The summed E-state index contributed by atoms with van der Waals surface area (Å²) in [4.78, 5) is 21.4. The van der Waals surface area contributed by atoms with Crippen molar-refractivity contribution >= 4 is 11.9 Å². The lowest BCUT2D eigenvalue weighted by atomic mass is 9.77. The molecule has 0 aliphatic carbocycles. The van der Waals surface area contributed by atoms with E-state index in [1.165, 1.54) is 0 Å². The number of hydrogen-bond donors (Lipinski definition) is 1. The van der Waals surface area contributed by atoms with E-state index in [1.54, 1.807) is 7.11 Å². The normalized spacial score (nSPS) is 30.1. The molecule has 3 atom stereocenters. The Kier molecular flexibility index (Phi) is 4.99. The number of hydrogen-bond acceptors (Lipinski definition) is 5. The number of guanidine groups is 1. The van der Waals surface area contributed by atoms with Crippen LogP contribution in [0.15, 0.2) is 35.3 Å². The van der Waals surface area contributed by atoms with Gasteiger partial charge in [0.05, 0.1) is 5.54 Å². The van der Waals surface area contributed by atoms with Crippen LogP contribution >= 0.6 is 0 Å². The van der Waals surface area contributed by atoms with Crippen LogP contribution in [0.3, 0.4) is 0 Å². The first-order valence-electron chi connectivity index (χ1n) is 8.90. The van der Waals surface area contributed by atoms with E-state index in [9.17, 15) is 4.79 Å². The van der Waals surface area contributed by atoms with Gasteiger partial charge in [0, 0.05) is 45.1 Å². The number of carbonyl (C=O) groups is 1. The van der Waals surface area contributed by atoms with E-state index < -0.39 is 0 Å². The van der Waals surface area contributed by atoms with Crippen LogP contribution in [0.5, 0.6) is 0 Å². The number of rotatable bonds is 3. The number of amides is 1. The summed E-state index contributed by atoms with van der Waals surface area (Å²) in [6.45, 7) is 3.65. The summed E-state index contributed by atoms with van der Waals surface area (Å²) in [5.41, 5.74) is 6.56. The minimum absolute atomic E-state index is 0.0808. The van der Waals surface area contributed by atoms with Crippen molar-refractivity contribution < 1.29 is 9.53 Å². The number of ether oxygens (including phenoxy) is 1. The van der Waals surface area contributed by atoms with E-state index in [4.69, 9.17) is 15.5 Å². The Hall–Kier alpha value is -2.08. The molecule has 2 unspecified atom stereocenters. The van der Waals surface area contributed by atoms with Crippen molar-refractivity contribution in [1.82, 2.24) is 9.80 Å². The van der Waals surface area contributed by atoms with Gasteiger partial charge in [0.15, 0.2) is 5.96 Å². The van der Waals surface area contributed by atoms with Crippen molar-refractivity contribution in [1.29, 1.82) is 0 Å². The summed E-state index contributed by atoms with van der Waals surface area (Å²) in [7, 11) is 3.60. The van der Waals surface area contributed by atoms with Gasteiger partial charge >= 0.3 is 0 Å². The third kappa shape index (κ3) is 3.49. The molecular weight excluding hydrogens is 316 g/mol. The lowest BCUT2D eigenvalue weighted by Gasteiger charge is -2.46. The van der Waals surface area contributed by atoms with E-state index in [1.807, 2.05) is 47.2 Å². The molecule has 0 spiro atoms. The molecule has 1 aromatic rings. The van der Waals surface area contributed by atoms with Gasteiger partial charge in [-0.05, 0) is 31.9 Å². The largest absolute Gasteiger partial charge is 0.370 e. The van der Waals surface area contributed by atoms with Gasteiger partial charge in [0.1, 0.15) is 6.23 Å². The van der Waals surface area contributed by atoms with Gasteiger partial charge in [0.2, 0.25) is 0 Å². The third-order valence-corrected chi connectivity index (χ3v) is 5.63. The zero-order valence-electron chi connectivity index (χ0n) is 15.3. The van der Waals surface area contributed by atoms with Gasteiger partial charge in [0.25, 0.3) is 5.91 Å². The van der Waals surface area contributed by atoms with Gasteiger partial charge < -0.3 is 20.3 Å². The number of piperidine rings is 1. The van der Waals surface area contributed by atoms with Crippen LogP contribution in [0.2, 0.25) is 0 Å². The number of benzene rings is 1. The first-order chi connectivity index (χ1) is 11.9. The summed E-state index contributed by atoms with van der Waals surface area (Å²) in [5, 5.41) is 0.